The fraction of sp³-hybridized carbons (Fsp3) is 0.500. The normalized spacial score (nSPS) is 14.6. The van der Waals surface area contributed by atoms with Gasteiger partial charge in [0.2, 0.25) is 5.91 Å². The van der Waals surface area contributed by atoms with E-state index in [1.54, 1.807) is 0 Å². The minimum Gasteiger partial charge on any atom is -0.494 e. The molecule has 1 fully saturated rings. The molecule has 26 heavy (non-hydrogen) atoms. The standard InChI is InChI=1S/C20H28N2O4/c1-3-14-26-20(24)21-17-10-12-22(13-11-17)19(23)5-4-15-25-18-8-6-16(2)7-9-18/h3,6-9,17H,1,4-5,10-15H2,2H3,(H,21,24). The highest BCUT2D eigenvalue weighted by molar-refractivity contribution is 5.76. The van der Waals surface area contributed by atoms with Crippen molar-refractivity contribution >= 4 is 12.0 Å². The molecule has 1 aliphatic heterocycles. The van der Waals surface area contributed by atoms with E-state index in [0.29, 0.717) is 32.5 Å². The van der Waals surface area contributed by atoms with Gasteiger partial charge in [-0.2, -0.15) is 0 Å². The smallest absolute Gasteiger partial charge is 0.407 e. The van der Waals surface area contributed by atoms with Crippen molar-refractivity contribution in [2.24, 2.45) is 0 Å². The van der Waals surface area contributed by atoms with Gasteiger partial charge < -0.3 is 19.7 Å². The summed E-state index contributed by atoms with van der Waals surface area (Å²) in [5.41, 5.74) is 1.19. The van der Waals surface area contributed by atoms with Gasteiger partial charge in [-0.3, -0.25) is 4.79 Å². The minimum atomic E-state index is -0.428. The number of carbonyl (C=O) groups excluding carboxylic acids is 2. The molecule has 2 rings (SSSR count). The number of benzene rings is 1. The second kappa shape index (κ2) is 10.5. The number of rotatable bonds is 8. The second-order valence-corrected chi connectivity index (χ2v) is 6.45. The van der Waals surface area contributed by atoms with E-state index in [2.05, 4.69) is 11.9 Å². The lowest BCUT2D eigenvalue weighted by atomic mass is 10.0. The summed E-state index contributed by atoms with van der Waals surface area (Å²) in [7, 11) is 0. The molecule has 0 radical (unpaired) electrons. The van der Waals surface area contributed by atoms with Crippen LogP contribution < -0.4 is 10.1 Å². The molecule has 6 heteroatoms. The van der Waals surface area contributed by atoms with Gasteiger partial charge in [-0.05, 0) is 38.3 Å². The van der Waals surface area contributed by atoms with Crippen LogP contribution >= 0.6 is 0 Å². The van der Waals surface area contributed by atoms with Crippen molar-refractivity contribution in [1.29, 1.82) is 0 Å². The number of aryl methyl sites for hydroxylation is 1. The number of hydrogen-bond donors (Lipinski definition) is 1. The molecule has 0 saturated carbocycles. The van der Waals surface area contributed by atoms with Crippen molar-refractivity contribution in [2.45, 2.75) is 38.6 Å². The monoisotopic (exact) mass is 360 g/mol. The molecule has 0 aliphatic carbocycles. The first-order valence-corrected chi connectivity index (χ1v) is 9.10. The van der Waals surface area contributed by atoms with Crippen molar-refractivity contribution in [1.82, 2.24) is 10.2 Å². The molecule has 142 valence electrons. The lowest BCUT2D eigenvalue weighted by Crippen LogP contribution is -2.46. The van der Waals surface area contributed by atoms with Gasteiger partial charge in [0.15, 0.2) is 0 Å². The molecule has 0 unspecified atom stereocenters. The third-order valence-electron chi connectivity index (χ3n) is 4.33. The average Bonchev–Trinajstić information content (AvgIpc) is 2.65. The summed E-state index contributed by atoms with van der Waals surface area (Å²) in [4.78, 5) is 25.7. The summed E-state index contributed by atoms with van der Waals surface area (Å²) in [5.74, 6) is 0.975. The van der Waals surface area contributed by atoms with Gasteiger partial charge in [0.05, 0.1) is 6.61 Å². The van der Waals surface area contributed by atoms with Crippen LogP contribution in [0.15, 0.2) is 36.9 Å². The maximum absolute atomic E-state index is 12.3. The predicted octanol–water partition coefficient (Wildman–Crippen LogP) is 3.06. The van der Waals surface area contributed by atoms with Crippen molar-refractivity contribution < 1.29 is 19.1 Å². The Bertz CT molecular complexity index is 592. The first kappa shape index (κ1) is 19.8. The van der Waals surface area contributed by atoms with E-state index >= 15 is 0 Å². The summed E-state index contributed by atoms with van der Waals surface area (Å²) >= 11 is 0. The second-order valence-electron chi connectivity index (χ2n) is 6.45. The predicted molar refractivity (Wildman–Crippen MR) is 100 cm³/mol. The quantitative estimate of drug-likeness (QED) is 0.571. The fourth-order valence-corrected chi connectivity index (χ4v) is 2.82. The number of nitrogens with one attached hydrogen (secondary N) is 1. The Morgan fingerprint density at radius 2 is 1.96 bits per heavy atom. The number of carbonyl (C=O) groups is 2. The lowest BCUT2D eigenvalue weighted by molar-refractivity contribution is -0.132. The maximum atomic E-state index is 12.3. The molecule has 0 bridgehead atoms. The number of ether oxygens (including phenoxy) is 2. The van der Waals surface area contributed by atoms with Crippen molar-refractivity contribution in [2.75, 3.05) is 26.3 Å². The van der Waals surface area contributed by atoms with E-state index in [0.717, 1.165) is 18.6 Å². The highest BCUT2D eigenvalue weighted by Crippen LogP contribution is 2.14. The summed E-state index contributed by atoms with van der Waals surface area (Å²) in [6.07, 6.45) is 3.76. The van der Waals surface area contributed by atoms with E-state index in [1.165, 1.54) is 11.6 Å². The molecular weight excluding hydrogens is 332 g/mol. The number of nitrogens with zero attached hydrogens (tertiary/aromatic N) is 1. The van der Waals surface area contributed by atoms with Gasteiger partial charge in [0.25, 0.3) is 0 Å². The summed E-state index contributed by atoms with van der Waals surface area (Å²) in [6.45, 7) is 7.58. The number of piperidine rings is 1. The van der Waals surface area contributed by atoms with Crippen LogP contribution in [0.5, 0.6) is 5.75 Å². The molecular formula is C20H28N2O4. The zero-order valence-electron chi connectivity index (χ0n) is 15.4. The summed E-state index contributed by atoms with van der Waals surface area (Å²) < 4.78 is 10.6. The third kappa shape index (κ3) is 6.78. The zero-order chi connectivity index (χ0) is 18.8. The van der Waals surface area contributed by atoms with Crippen LogP contribution in [0.4, 0.5) is 4.79 Å². The van der Waals surface area contributed by atoms with Gasteiger partial charge in [0.1, 0.15) is 12.4 Å². The molecule has 1 aromatic carbocycles. The minimum absolute atomic E-state index is 0.0567. The molecule has 1 aliphatic rings. The molecule has 2 amide bonds. The van der Waals surface area contributed by atoms with E-state index in [-0.39, 0.29) is 18.6 Å². The SMILES string of the molecule is C=CCOC(=O)NC1CCN(C(=O)CCCOc2ccc(C)cc2)CC1. The van der Waals surface area contributed by atoms with Crippen LogP contribution in [0.2, 0.25) is 0 Å². The Labute approximate surface area is 155 Å². The fourth-order valence-electron chi connectivity index (χ4n) is 2.82. The Morgan fingerprint density at radius 1 is 1.27 bits per heavy atom. The number of likely N-dealkylation sites (tertiary alicyclic amines) is 1. The molecule has 1 heterocycles. The Hall–Kier alpha value is -2.50. The highest BCUT2D eigenvalue weighted by Gasteiger charge is 2.23. The maximum Gasteiger partial charge on any atom is 0.407 e. The van der Waals surface area contributed by atoms with Gasteiger partial charge in [-0.1, -0.05) is 30.4 Å². The Kier molecular flexibility index (Phi) is 7.99. The number of hydrogen-bond acceptors (Lipinski definition) is 4. The average molecular weight is 360 g/mol. The first-order chi connectivity index (χ1) is 12.6. The molecule has 1 N–H and O–H groups in total. The number of amides is 2. The van der Waals surface area contributed by atoms with Crippen LogP contribution in [0.3, 0.4) is 0 Å². The number of alkyl carbamates (subject to hydrolysis) is 1. The highest BCUT2D eigenvalue weighted by atomic mass is 16.5. The van der Waals surface area contributed by atoms with Crippen LogP contribution in [0.1, 0.15) is 31.2 Å². The van der Waals surface area contributed by atoms with E-state index in [9.17, 15) is 9.59 Å². The summed E-state index contributed by atoms with van der Waals surface area (Å²) in [5, 5.41) is 2.82. The topological polar surface area (TPSA) is 67.9 Å². The van der Waals surface area contributed by atoms with E-state index in [1.807, 2.05) is 36.1 Å². The van der Waals surface area contributed by atoms with Crippen molar-refractivity contribution in [3.05, 3.63) is 42.5 Å². The van der Waals surface area contributed by atoms with Crippen LogP contribution in [0.25, 0.3) is 0 Å². The molecule has 1 aromatic rings. The van der Waals surface area contributed by atoms with Crippen LogP contribution in [0, 0.1) is 6.92 Å². The van der Waals surface area contributed by atoms with Crippen molar-refractivity contribution in [3.63, 3.8) is 0 Å². The van der Waals surface area contributed by atoms with Gasteiger partial charge >= 0.3 is 6.09 Å². The third-order valence-corrected chi connectivity index (χ3v) is 4.33. The molecule has 0 aromatic heterocycles. The van der Waals surface area contributed by atoms with Crippen molar-refractivity contribution in [3.8, 4) is 5.75 Å². The largest absolute Gasteiger partial charge is 0.494 e. The molecule has 1 saturated heterocycles. The first-order valence-electron chi connectivity index (χ1n) is 9.10. The van der Waals surface area contributed by atoms with E-state index < -0.39 is 6.09 Å². The van der Waals surface area contributed by atoms with E-state index in [4.69, 9.17) is 9.47 Å². The molecule has 6 nitrogen and oxygen atoms in total. The summed E-state index contributed by atoms with van der Waals surface area (Å²) in [6, 6.07) is 7.95. The Morgan fingerprint density at radius 3 is 2.62 bits per heavy atom. The van der Waals surface area contributed by atoms with Crippen LogP contribution in [-0.4, -0.2) is 49.2 Å². The molecule has 0 atom stereocenters. The molecule has 0 spiro atoms. The van der Waals surface area contributed by atoms with Gasteiger partial charge in [-0.25, -0.2) is 4.79 Å². The van der Waals surface area contributed by atoms with Crippen LogP contribution in [-0.2, 0) is 9.53 Å². The zero-order valence-corrected chi connectivity index (χ0v) is 15.4. The van der Waals surface area contributed by atoms with Gasteiger partial charge in [0, 0.05) is 25.6 Å². The lowest BCUT2D eigenvalue weighted by Gasteiger charge is -2.32. The Balaban J connectivity index is 1.59. The van der Waals surface area contributed by atoms with Gasteiger partial charge in [-0.15, -0.1) is 0 Å².